The molecule has 0 bridgehead atoms. The van der Waals surface area contributed by atoms with Crippen molar-refractivity contribution in [3.8, 4) is 0 Å². The lowest BCUT2D eigenvalue weighted by Gasteiger charge is -2.13. The van der Waals surface area contributed by atoms with E-state index in [1.807, 2.05) is 30.3 Å². The normalized spacial score (nSPS) is 14.0. The van der Waals surface area contributed by atoms with Crippen molar-refractivity contribution in [3.63, 3.8) is 0 Å². The van der Waals surface area contributed by atoms with E-state index in [4.69, 9.17) is 10.5 Å². The summed E-state index contributed by atoms with van der Waals surface area (Å²) in [5.74, 6) is -2.41. The Hall–Kier alpha value is -3.48. The molecule has 1 aliphatic heterocycles. The number of primary amides is 1. The minimum atomic E-state index is -1.09. The summed E-state index contributed by atoms with van der Waals surface area (Å²) in [7, 11) is 0. The second kappa shape index (κ2) is 7.41. The van der Waals surface area contributed by atoms with Crippen molar-refractivity contribution in [3.05, 3.63) is 70.8 Å². The first-order valence-corrected chi connectivity index (χ1v) is 8.43. The van der Waals surface area contributed by atoms with Crippen LogP contribution in [0, 0.1) is 0 Å². The van der Waals surface area contributed by atoms with Gasteiger partial charge in [0.25, 0.3) is 17.7 Å². The lowest BCUT2D eigenvalue weighted by molar-refractivity contribution is -0.125. The van der Waals surface area contributed by atoms with Crippen LogP contribution < -0.4 is 5.73 Å². The lowest BCUT2D eigenvalue weighted by atomic mass is 10.1. The summed E-state index contributed by atoms with van der Waals surface area (Å²) in [6.07, 6.45) is -0.553. The largest absolute Gasteiger partial charge is 0.449 e. The Bertz CT molecular complexity index is 923. The van der Waals surface area contributed by atoms with Crippen molar-refractivity contribution in [1.82, 2.24) is 4.90 Å². The third-order valence-electron chi connectivity index (χ3n) is 4.36. The quantitative estimate of drug-likeness (QED) is 0.617. The SMILES string of the molecule is C[C@@H](OC(=O)c1ccc2c(c1)C(=O)N(CCc1ccccc1)C2=O)C(N)=O. The minimum Gasteiger partial charge on any atom is -0.449 e. The number of hydrogen-bond donors (Lipinski definition) is 1. The summed E-state index contributed by atoms with van der Waals surface area (Å²) >= 11 is 0. The molecule has 1 aliphatic rings. The van der Waals surface area contributed by atoms with Crippen LogP contribution >= 0.6 is 0 Å². The Morgan fingerprint density at radius 2 is 1.70 bits per heavy atom. The maximum absolute atomic E-state index is 12.6. The number of nitrogens with two attached hydrogens (primary N) is 1. The van der Waals surface area contributed by atoms with Gasteiger partial charge in [0.2, 0.25) is 0 Å². The van der Waals surface area contributed by atoms with Gasteiger partial charge in [0.1, 0.15) is 0 Å². The maximum atomic E-state index is 12.6. The number of amides is 3. The number of fused-ring (bicyclic) bond motifs is 1. The molecular formula is C20H18N2O5. The zero-order valence-electron chi connectivity index (χ0n) is 14.7. The molecule has 7 nitrogen and oxygen atoms in total. The molecule has 2 N–H and O–H groups in total. The van der Waals surface area contributed by atoms with Gasteiger partial charge in [0.05, 0.1) is 16.7 Å². The van der Waals surface area contributed by atoms with Crippen molar-refractivity contribution < 1.29 is 23.9 Å². The number of esters is 1. The number of carbonyl (C=O) groups excluding carboxylic acids is 4. The summed E-state index contributed by atoms with van der Waals surface area (Å²) in [6.45, 7) is 1.60. The number of imide groups is 1. The van der Waals surface area contributed by atoms with E-state index in [9.17, 15) is 19.2 Å². The van der Waals surface area contributed by atoms with Crippen molar-refractivity contribution in [1.29, 1.82) is 0 Å². The van der Waals surface area contributed by atoms with Gasteiger partial charge in [-0.05, 0) is 37.1 Å². The molecule has 3 rings (SSSR count). The number of hydrogen-bond acceptors (Lipinski definition) is 5. The molecule has 2 aromatic carbocycles. The van der Waals surface area contributed by atoms with E-state index >= 15 is 0 Å². The highest BCUT2D eigenvalue weighted by Gasteiger charge is 2.35. The Morgan fingerprint density at radius 1 is 1.04 bits per heavy atom. The van der Waals surface area contributed by atoms with Crippen LogP contribution in [0.3, 0.4) is 0 Å². The van der Waals surface area contributed by atoms with Gasteiger partial charge in [0, 0.05) is 6.54 Å². The van der Waals surface area contributed by atoms with Gasteiger partial charge >= 0.3 is 5.97 Å². The molecule has 0 saturated heterocycles. The van der Waals surface area contributed by atoms with E-state index in [-0.39, 0.29) is 23.2 Å². The van der Waals surface area contributed by atoms with Crippen molar-refractivity contribution in [2.45, 2.75) is 19.4 Å². The molecule has 0 radical (unpaired) electrons. The van der Waals surface area contributed by atoms with Gasteiger partial charge in [-0.2, -0.15) is 0 Å². The monoisotopic (exact) mass is 366 g/mol. The summed E-state index contributed by atoms with van der Waals surface area (Å²) in [5, 5.41) is 0. The van der Waals surface area contributed by atoms with Gasteiger partial charge in [-0.25, -0.2) is 4.79 Å². The molecule has 2 aromatic rings. The lowest BCUT2D eigenvalue weighted by Crippen LogP contribution is -2.31. The highest BCUT2D eigenvalue weighted by atomic mass is 16.5. The van der Waals surface area contributed by atoms with E-state index in [0.717, 1.165) is 5.56 Å². The molecule has 138 valence electrons. The molecule has 1 heterocycles. The second-order valence-corrected chi connectivity index (χ2v) is 6.21. The number of benzene rings is 2. The van der Waals surface area contributed by atoms with E-state index in [1.165, 1.54) is 30.0 Å². The molecule has 7 heteroatoms. The molecule has 0 saturated carbocycles. The van der Waals surface area contributed by atoms with Crippen LogP contribution in [0.25, 0.3) is 0 Å². The van der Waals surface area contributed by atoms with Crippen LogP contribution in [0.5, 0.6) is 0 Å². The zero-order chi connectivity index (χ0) is 19.6. The Morgan fingerprint density at radius 3 is 2.37 bits per heavy atom. The fraction of sp³-hybridized carbons (Fsp3) is 0.200. The Labute approximate surface area is 155 Å². The summed E-state index contributed by atoms with van der Waals surface area (Å²) in [4.78, 5) is 49.4. The highest BCUT2D eigenvalue weighted by molar-refractivity contribution is 6.22. The number of ether oxygens (including phenoxy) is 1. The van der Waals surface area contributed by atoms with E-state index in [1.54, 1.807) is 0 Å². The van der Waals surface area contributed by atoms with Crippen LogP contribution in [-0.4, -0.2) is 41.2 Å². The van der Waals surface area contributed by atoms with Crippen LogP contribution in [0.4, 0.5) is 0 Å². The van der Waals surface area contributed by atoms with Crippen molar-refractivity contribution in [2.75, 3.05) is 6.54 Å². The van der Waals surface area contributed by atoms with Crippen LogP contribution in [-0.2, 0) is 16.0 Å². The summed E-state index contributed by atoms with van der Waals surface area (Å²) in [6, 6.07) is 13.6. The molecular weight excluding hydrogens is 348 g/mol. The second-order valence-electron chi connectivity index (χ2n) is 6.21. The van der Waals surface area contributed by atoms with Crippen LogP contribution in [0.2, 0.25) is 0 Å². The number of nitrogens with zero attached hydrogens (tertiary/aromatic N) is 1. The molecule has 27 heavy (non-hydrogen) atoms. The van der Waals surface area contributed by atoms with Crippen LogP contribution in [0.15, 0.2) is 48.5 Å². The smallest absolute Gasteiger partial charge is 0.338 e. The molecule has 0 fully saturated rings. The maximum Gasteiger partial charge on any atom is 0.338 e. The predicted octanol–water partition coefficient (Wildman–Crippen LogP) is 1.56. The van der Waals surface area contributed by atoms with Gasteiger partial charge in [-0.1, -0.05) is 30.3 Å². The topological polar surface area (TPSA) is 107 Å². The number of rotatable bonds is 6. The average Bonchev–Trinajstić information content (AvgIpc) is 2.90. The molecule has 1 atom stereocenters. The van der Waals surface area contributed by atoms with Crippen molar-refractivity contribution in [2.24, 2.45) is 5.73 Å². The molecule has 0 unspecified atom stereocenters. The van der Waals surface area contributed by atoms with Gasteiger partial charge in [-0.3, -0.25) is 19.3 Å². The fourth-order valence-corrected chi connectivity index (χ4v) is 2.79. The fourth-order valence-electron chi connectivity index (χ4n) is 2.79. The van der Waals surface area contributed by atoms with Gasteiger partial charge in [0.15, 0.2) is 6.10 Å². The van der Waals surface area contributed by atoms with E-state index in [2.05, 4.69) is 0 Å². The first-order chi connectivity index (χ1) is 12.9. The zero-order valence-corrected chi connectivity index (χ0v) is 14.7. The van der Waals surface area contributed by atoms with E-state index < -0.39 is 29.8 Å². The highest BCUT2D eigenvalue weighted by Crippen LogP contribution is 2.25. The average molecular weight is 366 g/mol. The Kier molecular flexibility index (Phi) is 5.03. The van der Waals surface area contributed by atoms with Gasteiger partial charge < -0.3 is 10.5 Å². The first-order valence-electron chi connectivity index (χ1n) is 8.43. The molecule has 0 spiro atoms. The molecule has 0 aliphatic carbocycles. The first kappa shape index (κ1) is 18.3. The number of carbonyl (C=O) groups is 4. The predicted molar refractivity (Wildman–Crippen MR) is 96.0 cm³/mol. The third-order valence-corrected chi connectivity index (χ3v) is 4.36. The van der Waals surface area contributed by atoms with E-state index in [0.29, 0.717) is 6.42 Å². The molecule has 0 aromatic heterocycles. The van der Waals surface area contributed by atoms with Crippen molar-refractivity contribution >= 4 is 23.7 Å². The van der Waals surface area contributed by atoms with Gasteiger partial charge in [-0.15, -0.1) is 0 Å². The summed E-state index contributed by atoms with van der Waals surface area (Å²) in [5.41, 5.74) is 6.55. The minimum absolute atomic E-state index is 0.0768. The van der Waals surface area contributed by atoms with Crippen LogP contribution in [0.1, 0.15) is 43.6 Å². The standard InChI is InChI=1S/C20H18N2O5/c1-12(17(21)23)27-20(26)14-7-8-15-16(11-14)19(25)22(18(15)24)10-9-13-5-3-2-4-6-13/h2-8,11-12H,9-10H2,1H3,(H2,21,23)/t12-/m1/s1. The Balaban J connectivity index is 1.76. The summed E-state index contributed by atoms with van der Waals surface area (Å²) < 4.78 is 4.93. The molecule has 3 amide bonds. The third kappa shape index (κ3) is 3.72.